The van der Waals surface area contributed by atoms with Crippen molar-refractivity contribution in [1.82, 2.24) is 15.3 Å². The SMILES string of the molecule is CC(C)Oc1nccnc1NCCC(=O)NC1CCCC1. The zero-order chi connectivity index (χ0) is 15.1. The van der Waals surface area contributed by atoms with Crippen molar-refractivity contribution in [2.45, 2.75) is 58.1 Å². The first kappa shape index (κ1) is 15.5. The topological polar surface area (TPSA) is 76.1 Å². The van der Waals surface area contributed by atoms with E-state index < -0.39 is 0 Å². The highest BCUT2D eigenvalue weighted by Crippen LogP contribution is 2.19. The van der Waals surface area contributed by atoms with Gasteiger partial charge in [0.05, 0.1) is 6.10 Å². The number of anilines is 1. The molecule has 1 fully saturated rings. The number of nitrogens with zero attached hydrogens (tertiary/aromatic N) is 2. The number of hydrogen-bond acceptors (Lipinski definition) is 5. The normalized spacial score (nSPS) is 15.2. The number of hydrogen-bond donors (Lipinski definition) is 2. The fourth-order valence-corrected chi connectivity index (χ4v) is 2.42. The van der Waals surface area contributed by atoms with Gasteiger partial charge in [0.1, 0.15) is 0 Å². The molecule has 2 N–H and O–H groups in total. The second-order valence-electron chi connectivity index (χ2n) is 5.60. The molecule has 1 aromatic rings. The Bertz CT molecular complexity index is 459. The Hall–Kier alpha value is -1.85. The van der Waals surface area contributed by atoms with Gasteiger partial charge in [-0.15, -0.1) is 0 Å². The number of nitrogens with one attached hydrogen (secondary N) is 2. The summed E-state index contributed by atoms with van der Waals surface area (Å²) in [5.74, 6) is 1.15. The lowest BCUT2D eigenvalue weighted by atomic mass is 10.2. The molecule has 1 aromatic heterocycles. The van der Waals surface area contributed by atoms with Crippen molar-refractivity contribution in [2.24, 2.45) is 0 Å². The zero-order valence-corrected chi connectivity index (χ0v) is 12.8. The van der Waals surface area contributed by atoms with E-state index in [9.17, 15) is 4.79 Å². The van der Waals surface area contributed by atoms with Crippen LogP contribution in [-0.2, 0) is 4.79 Å². The first-order valence-electron chi connectivity index (χ1n) is 7.66. The Balaban J connectivity index is 1.76. The highest BCUT2D eigenvalue weighted by Gasteiger charge is 2.16. The molecule has 0 radical (unpaired) electrons. The first-order chi connectivity index (χ1) is 10.1. The van der Waals surface area contributed by atoms with Crippen LogP contribution >= 0.6 is 0 Å². The summed E-state index contributed by atoms with van der Waals surface area (Å²) in [6.07, 6.45) is 8.31. The molecule has 1 saturated carbocycles. The van der Waals surface area contributed by atoms with Gasteiger partial charge >= 0.3 is 0 Å². The number of carbonyl (C=O) groups is 1. The van der Waals surface area contributed by atoms with Gasteiger partial charge in [-0.25, -0.2) is 9.97 Å². The number of rotatable bonds is 7. The molecule has 1 aliphatic carbocycles. The van der Waals surface area contributed by atoms with E-state index in [1.165, 1.54) is 12.8 Å². The van der Waals surface area contributed by atoms with E-state index in [0.29, 0.717) is 30.7 Å². The van der Waals surface area contributed by atoms with E-state index in [2.05, 4.69) is 20.6 Å². The van der Waals surface area contributed by atoms with Crippen LogP contribution < -0.4 is 15.4 Å². The molecule has 116 valence electrons. The van der Waals surface area contributed by atoms with Crippen LogP contribution in [0.5, 0.6) is 5.88 Å². The predicted octanol–water partition coefficient (Wildman–Crippen LogP) is 2.12. The average Bonchev–Trinajstić information content (AvgIpc) is 2.93. The van der Waals surface area contributed by atoms with Crippen LogP contribution in [0.4, 0.5) is 5.82 Å². The summed E-state index contributed by atoms with van der Waals surface area (Å²) in [6, 6.07) is 0.369. The van der Waals surface area contributed by atoms with Crippen molar-refractivity contribution in [3.05, 3.63) is 12.4 Å². The van der Waals surface area contributed by atoms with Gasteiger partial charge in [0.25, 0.3) is 5.88 Å². The Labute approximate surface area is 125 Å². The summed E-state index contributed by atoms with van der Waals surface area (Å²) in [7, 11) is 0. The maximum absolute atomic E-state index is 11.8. The van der Waals surface area contributed by atoms with Gasteiger partial charge in [-0.2, -0.15) is 0 Å². The van der Waals surface area contributed by atoms with Crippen molar-refractivity contribution in [3.8, 4) is 5.88 Å². The van der Waals surface area contributed by atoms with Crippen LogP contribution in [0.2, 0.25) is 0 Å². The third kappa shape index (κ3) is 5.21. The molecule has 2 rings (SSSR count). The van der Waals surface area contributed by atoms with Gasteiger partial charge < -0.3 is 15.4 Å². The fraction of sp³-hybridized carbons (Fsp3) is 0.667. The van der Waals surface area contributed by atoms with E-state index in [4.69, 9.17) is 4.74 Å². The van der Waals surface area contributed by atoms with Crippen molar-refractivity contribution in [1.29, 1.82) is 0 Å². The second-order valence-corrected chi connectivity index (χ2v) is 5.60. The Morgan fingerprint density at radius 2 is 2.05 bits per heavy atom. The lowest BCUT2D eigenvalue weighted by Crippen LogP contribution is -2.33. The molecule has 0 atom stereocenters. The van der Waals surface area contributed by atoms with Gasteiger partial charge in [0, 0.05) is 31.4 Å². The van der Waals surface area contributed by atoms with Gasteiger partial charge in [0.15, 0.2) is 5.82 Å². The first-order valence-corrected chi connectivity index (χ1v) is 7.66. The molecule has 0 aliphatic heterocycles. The lowest BCUT2D eigenvalue weighted by molar-refractivity contribution is -0.121. The monoisotopic (exact) mass is 292 g/mol. The maximum atomic E-state index is 11.8. The lowest BCUT2D eigenvalue weighted by Gasteiger charge is -2.14. The standard InChI is InChI=1S/C15H24N4O2/c1-11(2)21-15-14(17-9-10-18-15)16-8-7-13(20)19-12-5-3-4-6-12/h9-12H,3-8H2,1-2H3,(H,16,17)(H,19,20). The molecular formula is C15H24N4O2. The fourth-order valence-electron chi connectivity index (χ4n) is 2.42. The molecule has 1 heterocycles. The highest BCUT2D eigenvalue weighted by molar-refractivity contribution is 5.76. The molecule has 0 aromatic carbocycles. The number of aromatic nitrogens is 2. The minimum Gasteiger partial charge on any atom is -0.472 e. The predicted molar refractivity (Wildman–Crippen MR) is 81.3 cm³/mol. The minimum atomic E-state index is 0.0351. The molecular weight excluding hydrogens is 268 g/mol. The summed E-state index contributed by atoms with van der Waals surface area (Å²) < 4.78 is 5.57. The summed E-state index contributed by atoms with van der Waals surface area (Å²) in [6.45, 7) is 4.40. The third-order valence-corrected chi connectivity index (χ3v) is 3.38. The Morgan fingerprint density at radius 3 is 2.76 bits per heavy atom. The molecule has 0 bridgehead atoms. The summed E-state index contributed by atoms with van der Waals surface area (Å²) in [5, 5.41) is 6.18. The van der Waals surface area contributed by atoms with Crippen LogP contribution in [0.25, 0.3) is 0 Å². The molecule has 1 aliphatic rings. The van der Waals surface area contributed by atoms with E-state index in [1.54, 1.807) is 12.4 Å². The van der Waals surface area contributed by atoms with Crippen LogP contribution in [-0.4, -0.2) is 34.6 Å². The molecule has 21 heavy (non-hydrogen) atoms. The van der Waals surface area contributed by atoms with Crippen molar-refractivity contribution in [3.63, 3.8) is 0 Å². The van der Waals surface area contributed by atoms with Crippen LogP contribution in [0.15, 0.2) is 12.4 Å². The zero-order valence-electron chi connectivity index (χ0n) is 12.8. The van der Waals surface area contributed by atoms with Crippen molar-refractivity contribution >= 4 is 11.7 Å². The van der Waals surface area contributed by atoms with Crippen LogP contribution in [0.3, 0.4) is 0 Å². The molecule has 1 amide bonds. The van der Waals surface area contributed by atoms with Crippen molar-refractivity contribution < 1.29 is 9.53 Å². The molecule has 6 nitrogen and oxygen atoms in total. The quantitative estimate of drug-likeness (QED) is 0.805. The third-order valence-electron chi connectivity index (χ3n) is 3.38. The largest absolute Gasteiger partial charge is 0.472 e. The summed E-state index contributed by atoms with van der Waals surface area (Å²) in [5.41, 5.74) is 0. The Kier molecular flexibility index (Phi) is 5.78. The highest BCUT2D eigenvalue weighted by atomic mass is 16.5. The van der Waals surface area contributed by atoms with Gasteiger partial charge in [-0.05, 0) is 26.7 Å². The van der Waals surface area contributed by atoms with Gasteiger partial charge in [-0.1, -0.05) is 12.8 Å². The van der Waals surface area contributed by atoms with Crippen LogP contribution in [0, 0.1) is 0 Å². The van der Waals surface area contributed by atoms with Crippen LogP contribution in [0.1, 0.15) is 46.0 Å². The van der Waals surface area contributed by atoms with E-state index >= 15 is 0 Å². The maximum Gasteiger partial charge on any atom is 0.257 e. The van der Waals surface area contributed by atoms with Crippen molar-refractivity contribution in [2.75, 3.05) is 11.9 Å². The second kappa shape index (κ2) is 7.81. The number of carbonyl (C=O) groups excluding carboxylic acids is 1. The minimum absolute atomic E-state index is 0.0351. The average molecular weight is 292 g/mol. The summed E-state index contributed by atoms with van der Waals surface area (Å²) >= 11 is 0. The van der Waals surface area contributed by atoms with Gasteiger partial charge in [-0.3, -0.25) is 4.79 Å². The summed E-state index contributed by atoms with van der Waals surface area (Å²) in [4.78, 5) is 20.2. The molecule has 0 unspecified atom stereocenters. The molecule has 0 saturated heterocycles. The van der Waals surface area contributed by atoms with E-state index in [-0.39, 0.29) is 12.0 Å². The van der Waals surface area contributed by atoms with Gasteiger partial charge in [0.2, 0.25) is 5.91 Å². The van der Waals surface area contributed by atoms with E-state index in [0.717, 1.165) is 12.8 Å². The number of amides is 1. The van der Waals surface area contributed by atoms with E-state index in [1.807, 2.05) is 13.8 Å². The number of ether oxygens (including phenoxy) is 1. The Morgan fingerprint density at radius 1 is 1.33 bits per heavy atom. The smallest absolute Gasteiger partial charge is 0.257 e. The molecule has 6 heteroatoms. The molecule has 0 spiro atoms.